The van der Waals surface area contributed by atoms with Crippen molar-refractivity contribution in [2.24, 2.45) is 0 Å². The third-order valence-corrected chi connectivity index (χ3v) is 4.28. The van der Waals surface area contributed by atoms with Crippen LogP contribution in [0.15, 0.2) is 12.1 Å². The predicted octanol–water partition coefficient (Wildman–Crippen LogP) is 3.01. The smallest absolute Gasteiger partial charge is 0.179 e. The van der Waals surface area contributed by atoms with Gasteiger partial charge in [-0.1, -0.05) is 17.7 Å². The van der Waals surface area contributed by atoms with Crippen molar-refractivity contribution in [3.63, 3.8) is 0 Å². The molecule has 0 saturated heterocycles. The Morgan fingerprint density at radius 1 is 1.20 bits per heavy atom. The fourth-order valence-corrected chi connectivity index (χ4v) is 2.96. The van der Waals surface area contributed by atoms with Gasteiger partial charge in [0.1, 0.15) is 0 Å². The predicted molar refractivity (Wildman–Crippen MR) is 79.8 cm³/mol. The summed E-state index contributed by atoms with van der Waals surface area (Å²) in [6.45, 7) is 0.723. The van der Waals surface area contributed by atoms with Gasteiger partial charge in [0.05, 0.1) is 25.3 Å². The molecule has 1 aliphatic carbocycles. The van der Waals surface area contributed by atoms with Gasteiger partial charge in [0.15, 0.2) is 11.5 Å². The number of rotatable bonds is 6. The molecule has 0 bridgehead atoms. The monoisotopic (exact) mass is 299 g/mol. The van der Waals surface area contributed by atoms with E-state index in [9.17, 15) is 0 Å². The number of nitrogens with one attached hydrogen (secondary N) is 1. The lowest BCUT2D eigenvalue weighted by molar-refractivity contribution is 0.107. The summed E-state index contributed by atoms with van der Waals surface area (Å²) in [6.07, 6.45) is 3.70. The van der Waals surface area contributed by atoms with E-state index in [0.717, 1.165) is 31.4 Å². The Kier molecular flexibility index (Phi) is 5.52. The standard InChI is InChI=1S/C15H22ClNO3/c1-18-12-6-5-11(8-12)17-9-10-4-7-13(19-2)15(20-3)14(10)16/h4,7,11-12,17H,5-6,8-9H2,1-3H3. The lowest BCUT2D eigenvalue weighted by Gasteiger charge is -2.16. The molecular weight excluding hydrogens is 278 g/mol. The molecule has 1 aromatic rings. The molecule has 0 aromatic heterocycles. The Morgan fingerprint density at radius 2 is 2.00 bits per heavy atom. The summed E-state index contributed by atoms with van der Waals surface area (Å²) in [5.41, 5.74) is 1.02. The Labute approximate surface area is 125 Å². The van der Waals surface area contributed by atoms with Gasteiger partial charge in [-0.15, -0.1) is 0 Å². The number of methoxy groups -OCH3 is 3. The molecule has 0 spiro atoms. The van der Waals surface area contributed by atoms with E-state index in [4.69, 9.17) is 25.8 Å². The maximum atomic E-state index is 6.36. The molecule has 0 aliphatic heterocycles. The lowest BCUT2D eigenvalue weighted by atomic mass is 10.1. The van der Waals surface area contributed by atoms with Gasteiger partial charge in [0, 0.05) is 19.7 Å². The third-order valence-electron chi connectivity index (χ3n) is 3.86. The minimum atomic E-state index is 0.383. The quantitative estimate of drug-likeness (QED) is 0.876. The second-order valence-electron chi connectivity index (χ2n) is 5.02. The first-order chi connectivity index (χ1) is 9.69. The topological polar surface area (TPSA) is 39.7 Å². The zero-order valence-corrected chi connectivity index (χ0v) is 13.0. The van der Waals surface area contributed by atoms with Crippen molar-refractivity contribution in [2.75, 3.05) is 21.3 Å². The maximum absolute atomic E-state index is 6.36. The van der Waals surface area contributed by atoms with Crippen LogP contribution >= 0.6 is 11.6 Å². The fourth-order valence-electron chi connectivity index (χ4n) is 2.66. The van der Waals surface area contributed by atoms with Crippen molar-refractivity contribution in [3.8, 4) is 11.5 Å². The van der Waals surface area contributed by atoms with Gasteiger partial charge in [0.2, 0.25) is 0 Å². The first kappa shape index (κ1) is 15.4. The Hall–Kier alpha value is -0.970. The SMILES string of the molecule is COc1ccc(CNC2CCC(OC)C2)c(Cl)c1OC. The van der Waals surface area contributed by atoms with Crippen molar-refractivity contribution in [1.82, 2.24) is 5.32 Å². The number of benzene rings is 1. The first-order valence-corrected chi connectivity index (χ1v) is 7.23. The van der Waals surface area contributed by atoms with E-state index in [-0.39, 0.29) is 0 Å². The molecule has 4 nitrogen and oxygen atoms in total. The summed E-state index contributed by atoms with van der Waals surface area (Å²) in [7, 11) is 4.98. The number of ether oxygens (including phenoxy) is 3. The molecule has 1 aliphatic rings. The zero-order chi connectivity index (χ0) is 14.5. The molecule has 1 saturated carbocycles. The van der Waals surface area contributed by atoms with Crippen LogP contribution < -0.4 is 14.8 Å². The van der Waals surface area contributed by atoms with E-state index < -0.39 is 0 Å². The fraction of sp³-hybridized carbons (Fsp3) is 0.600. The minimum Gasteiger partial charge on any atom is -0.493 e. The molecule has 1 fully saturated rings. The molecule has 2 rings (SSSR count). The Morgan fingerprint density at radius 3 is 2.60 bits per heavy atom. The van der Waals surface area contributed by atoms with Gasteiger partial charge in [-0.2, -0.15) is 0 Å². The van der Waals surface area contributed by atoms with E-state index in [0.29, 0.717) is 28.7 Å². The molecule has 1 N–H and O–H groups in total. The molecule has 0 radical (unpaired) electrons. The summed E-state index contributed by atoms with van der Waals surface area (Å²) in [6, 6.07) is 4.34. The number of hydrogen-bond donors (Lipinski definition) is 1. The van der Waals surface area contributed by atoms with Crippen LogP contribution in [0.2, 0.25) is 5.02 Å². The molecule has 2 unspecified atom stereocenters. The van der Waals surface area contributed by atoms with Gasteiger partial charge >= 0.3 is 0 Å². The summed E-state index contributed by atoms with van der Waals surface area (Å²) in [5.74, 6) is 1.25. The Bertz CT molecular complexity index is 453. The lowest BCUT2D eigenvalue weighted by Crippen LogP contribution is -2.26. The van der Waals surface area contributed by atoms with Crippen molar-refractivity contribution in [3.05, 3.63) is 22.7 Å². The second-order valence-corrected chi connectivity index (χ2v) is 5.40. The van der Waals surface area contributed by atoms with E-state index in [1.807, 2.05) is 12.1 Å². The molecule has 0 amide bonds. The van der Waals surface area contributed by atoms with Crippen LogP contribution in [0.3, 0.4) is 0 Å². The Balaban J connectivity index is 2.00. The van der Waals surface area contributed by atoms with Gasteiger partial charge in [0.25, 0.3) is 0 Å². The second kappa shape index (κ2) is 7.16. The third kappa shape index (κ3) is 3.37. The highest BCUT2D eigenvalue weighted by Gasteiger charge is 2.24. The highest BCUT2D eigenvalue weighted by molar-refractivity contribution is 6.33. The highest BCUT2D eigenvalue weighted by Crippen LogP contribution is 2.37. The van der Waals surface area contributed by atoms with Crippen molar-refractivity contribution in [2.45, 2.75) is 38.0 Å². The average Bonchev–Trinajstić information content (AvgIpc) is 2.93. The van der Waals surface area contributed by atoms with Gasteiger partial charge in [-0.25, -0.2) is 0 Å². The first-order valence-electron chi connectivity index (χ1n) is 6.85. The normalized spacial score (nSPS) is 22.0. The van der Waals surface area contributed by atoms with Gasteiger partial charge in [-0.05, 0) is 30.9 Å². The van der Waals surface area contributed by atoms with E-state index in [1.165, 1.54) is 0 Å². The summed E-state index contributed by atoms with van der Waals surface area (Å²) in [5, 5.41) is 4.14. The largest absolute Gasteiger partial charge is 0.493 e. The molecule has 112 valence electrons. The summed E-state index contributed by atoms with van der Waals surface area (Å²) in [4.78, 5) is 0. The molecule has 1 aromatic carbocycles. The number of hydrogen-bond acceptors (Lipinski definition) is 4. The highest BCUT2D eigenvalue weighted by atomic mass is 35.5. The van der Waals surface area contributed by atoms with Crippen molar-refractivity contribution < 1.29 is 14.2 Å². The molecular formula is C15H22ClNO3. The van der Waals surface area contributed by atoms with Crippen molar-refractivity contribution >= 4 is 11.6 Å². The van der Waals surface area contributed by atoms with Gasteiger partial charge < -0.3 is 19.5 Å². The van der Waals surface area contributed by atoms with Crippen LogP contribution in [0, 0.1) is 0 Å². The van der Waals surface area contributed by atoms with E-state index in [2.05, 4.69) is 5.32 Å². The van der Waals surface area contributed by atoms with Crippen molar-refractivity contribution in [1.29, 1.82) is 0 Å². The van der Waals surface area contributed by atoms with Crippen LogP contribution in [-0.2, 0) is 11.3 Å². The number of halogens is 1. The summed E-state index contributed by atoms with van der Waals surface area (Å²) >= 11 is 6.36. The van der Waals surface area contributed by atoms with E-state index in [1.54, 1.807) is 21.3 Å². The van der Waals surface area contributed by atoms with Crippen LogP contribution in [0.5, 0.6) is 11.5 Å². The molecule has 5 heteroatoms. The molecule has 0 heterocycles. The van der Waals surface area contributed by atoms with Crippen LogP contribution in [-0.4, -0.2) is 33.5 Å². The minimum absolute atomic E-state index is 0.383. The summed E-state index contributed by atoms with van der Waals surface area (Å²) < 4.78 is 15.9. The van der Waals surface area contributed by atoms with E-state index >= 15 is 0 Å². The maximum Gasteiger partial charge on any atom is 0.179 e. The van der Waals surface area contributed by atoms with Crippen LogP contribution in [0.4, 0.5) is 0 Å². The van der Waals surface area contributed by atoms with Gasteiger partial charge in [-0.3, -0.25) is 0 Å². The zero-order valence-electron chi connectivity index (χ0n) is 12.2. The molecule has 2 atom stereocenters. The molecule has 20 heavy (non-hydrogen) atoms. The van der Waals surface area contributed by atoms with Crippen LogP contribution in [0.25, 0.3) is 0 Å². The average molecular weight is 300 g/mol. The van der Waals surface area contributed by atoms with Crippen LogP contribution in [0.1, 0.15) is 24.8 Å².